The summed E-state index contributed by atoms with van der Waals surface area (Å²) in [6, 6.07) is 12.6. The van der Waals surface area contributed by atoms with Crippen LogP contribution < -0.4 is 5.73 Å². The van der Waals surface area contributed by atoms with E-state index in [1.807, 2.05) is 19.1 Å². The van der Waals surface area contributed by atoms with Crippen molar-refractivity contribution in [2.24, 2.45) is 5.73 Å². The Balaban J connectivity index is 2.45. The largest absolute Gasteiger partial charge is 0.320 e. The molecule has 0 radical (unpaired) electrons. The first-order valence-electron chi connectivity index (χ1n) is 7.20. The lowest BCUT2D eigenvalue weighted by atomic mass is 9.91. The third-order valence-electron chi connectivity index (χ3n) is 3.89. The van der Waals surface area contributed by atoms with Gasteiger partial charge in [-0.1, -0.05) is 55.8 Å². The summed E-state index contributed by atoms with van der Waals surface area (Å²) < 4.78 is 0. The molecule has 2 rings (SSSR count). The SMILES string of the molecule is CCc1ccc(CC)c(C(N)c2ccc(C)c(Cl)c2)c1. The van der Waals surface area contributed by atoms with E-state index in [1.54, 1.807) is 0 Å². The van der Waals surface area contributed by atoms with E-state index >= 15 is 0 Å². The van der Waals surface area contributed by atoms with E-state index in [9.17, 15) is 0 Å². The molecule has 2 aromatic carbocycles. The maximum absolute atomic E-state index is 6.48. The van der Waals surface area contributed by atoms with E-state index in [1.165, 1.54) is 16.7 Å². The summed E-state index contributed by atoms with van der Waals surface area (Å²) in [5, 5.41) is 0.780. The number of nitrogens with two attached hydrogens (primary N) is 1. The highest BCUT2D eigenvalue weighted by atomic mass is 35.5. The molecular weight excluding hydrogens is 266 g/mol. The summed E-state index contributed by atoms with van der Waals surface area (Å²) in [6.45, 7) is 6.34. The number of aryl methyl sites for hydroxylation is 3. The normalized spacial score (nSPS) is 12.4. The lowest BCUT2D eigenvalue weighted by molar-refractivity contribution is 0.844. The average molecular weight is 288 g/mol. The first-order chi connectivity index (χ1) is 9.56. The molecule has 0 amide bonds. The fourth-order valence-electron chi connectivity index (χ4n) is 2.46. The van der Waals surface area contributed by atoms with Crippen LogP contribution in [0.25, 0.3) is 0 Å². The smallest absolute Gasteiger partial charge is 0.0555 e. The second-order valence-electron chi connectivity index (χ2n) is 5.23. The Morgan fingerprint density at radius 2 is 1.80 bits per heavy atom. The average Bonchev–Trinajstić information content (AvgIpc) is 2.48. The molecule has 2 N–H and O–H groups in total. The van der Waals surface area contributed by atoms with Crippen LogP contribution in [0.3, 0.4) is 0 Å². The van der Waals surface area contributed by atoms with Gasteiger partial charge >= 0.3 is 0 Å². The summed E-state index contributed by atoms with van der Waals surface area (Å²) in [4.78, 5) is 0. The molecule has 20 heavy (non-hydrogen) atoms. The molecular formula is C18H22ClN. The van der Waals surface area contributed by atoms with Crippen molar-refractivity contribution in [1.82, 2.24) is 0 Å². The minimum Gasteiger partial charge on any atom is -0.320 e. The molecule has 0 bridgehead atoms. The number of halogens is 1. The van der Waals surface area contributed by atoms with Crippen LogP contribution in [-0.2, 0) is 12.8 Å². The summed E-state index contributed by atoms with van der Waals surface area (Å²) in [5.41, 5.74) is 12.5. The summed E-state index contributed by atoms with van der Waals surface area (Å²) in [6.07, 6.45) is 2.02. The van der Waals surface area contributed by atoms with Gasteiger partial charge in [-0.3, -0.25) is 0 Å². The molecule has 1 unspecified atom stereocenters. The number of hydrogen-bond acceptors (Lipinski definition) is 1. The molecule has 0 aromatic heterocycles. The van der Waals surface area contributed by atoms with E-state index in [4.69, 9.17) is 17.3 Å². The van der Waals surface area contributed by atoms with Gasteiger partial charge in [0.1, 0.15) is 0 Å². The maximum atomic E-state index is 6.48. The van der Waals surface area contributed by atoms with Crippen LogP contribution in [0.5, 0.6) is 0 Å². The van der Waals surface area contributed by atoms with Gasteiger partial charge in [0.2, 0.25) is 0 Å². The number of hydrogen-bond donors (Lipinski definition) is 1. The quantitative estimate of drug-likeness (QED) is 0.857. The Morgan fingerprint density at radius 3 is 2.40 bits per heavy atom. The fourth-order valence-corrected chi connectivity index (χ4v) is 2.65. The molecule has 106 valence electrons. The number of rotatable bonds is 4. The van der Waals surface area contributed by atoms with Gasteiger partial charge in [0.25, 0.3) is 0 Å². The Morgan fingerprint density at radius 1 is 1.05 bits per heavy atom. The van der Waals surface area contributed by atoms with Crippen LogP contribution in [0.15, 0.2) is 36.4 Å². The lowest BCUT2D eigenvalue weighted by Crippen LogP contribution is -2.14. The van der Waals surface area contributed by atoms with Gasteiger partial charge in [-0.15, -0.1) is 0 Å². The van der Waals surface area contributed by atoms with E-state index in [0.29, 0.717) is 0 Å². The van der Waals surface area contributed by atoms with Crippen molar-refractivity contribution in [3.63, 3.8) is 0 Å². The Hall–Kier alpha value is -1.31. The summed E-state index contributed by atoms with van der Waals surface area (Å²) >= 11 is 6.22. The van der Waals surface area contributed by atoms with Crippen LogP contribution in [0.4, 0.5) is 0 Å². The molecule has 0 aliphatic heterocycles. The minimum absolute atomic E-state index is 0.116. The highest BCUT2D eigenvalue weighted by Crippen LogP contribution is 2.27. The predicted octanol–water partition coefficient (Wildman–Crippen LogP) is 4.82. The van der Waals surface area contributed by atoms with Crippen molar-refractivity contribution >= 4 is 11.6 Å². The summed E-state index contributed by atoms with van der Waals surface area (Å²) in [5.74, 6) is 0. The second-order valence-corrected chi connectivity index (χ2v) is 5.63. The van der Waals surface area contributed by atoms with Crippen molar-refractivity contribution in [3.05, 3.63) is 69.2 Å². The van der Waals surface area contributed by atoms with Gasteiger partial charge in [-0.05, 0) is 53.6 Å². The van der Waals surface area contributed by atoms with Crippen LogP contribution in [0, 0.1) is 6.92 Å². The van der Waals surface area contributed by atoms with Crippen molar-refractivity contribution in [3.8, 4) is 0 Å². The van der Waals surface area contributed by atoms with Crippen LogP contribution in [0.2, 0.25) is 5.02 Å². The molecule has 0 heterocycles. The third-order valence-corrected chi connectivity index (χ3v) is 4.30. The van der Waals surface area contributed by atoms with Crippen LogP contribution in [-0.4, -0.2) is 0 Å². The molecule has 1 nitrogen and oxygen atoms in total. The predicted molar refractivity (Wildman–Crippen MR) is 87.4 cm³/mol. The molecule has 2 aromatic rings. The van der Waals surface area contributed by atoms with Crippen molar-refractivity contribution in [1.29, 1.82) is 0 Å². The van der Waals surface area contributed by atoms with E-state index < -0.39 is 0 Å². The highest BCUT2D eigenvalue weighted by Gasteiger charge is 2.14. The Bertz CT molecular complexity index is 604. The molecule has 2 heteroatoms. The van der Waals surface area contributed by atoms with Gasteiger partial charge in [-0.25, -0.2) is 0 Å². The third kappa shape index (κ3) is 3.05. The van der Waals surface area contributed by atoms with Gasteiger partial charge in [0.05, 0.1) is 6.04 Å². The Kier molecular flexibility index (Phi) is 4.85. The lowest BCUT2D eigenvalue weighted by Gasteiger charge is -2.18. The van der Waals surface area contributed by atoms with E-state index in [2.05, 4.69) is 38.1 Å². The highest BCUT2D eigenvalue weighted by molar-refractivity contribution is 6.31. The summed E-state index contributed by atoms with van der Waals surface area (Å²) in [7, 11) is 0. The second kappa shape index (κ2) is 6.43. The zero-order valence-corrected chi connectivity index (χ0v) is 13.2. The maximum Gasteiger partial charge on any atom is 0.0555 e. The van der Waals surface area contributed by atoms with Gasteiger partial charge in [0.15, 0.2) is 0 Å². The van der Waals surface area contributed by atoms with Gasteiger partial charge < -0.3 is 5.73 Å². The number of benzene rings is 2. The molecule has 0 aliphatic rings. The van der Waals surface area contributed by atoms with Gasteiger partial charge in [0, 0.05) is 5.02 Å². The van der Waals surface area contributed by atoms with Crippen LogP contribution in [0.1, 0.15) is 47.7 Å². The van der Waals surface area contributed by atoms with E-state index in [-0.39, 0.29) is 6.04 Å². The topological polar surface area (TPSA) is 26.0 Å². The van der Waals surface area contributed by atoms with Crippen molar-refractivity contribution < 1.29 is 0 Å². The molecule has 0 aliphatic carbocycles. The first kappa shape index (κ1) is 15.1. The minimum atomic E-state index is -0.116. The fraction of sp³-hybridized carbons (Fsp3) is 0.333. The molecule has 0 fully saturated rings. The van der Waals surface area contributed by atoms with E-state index in [0.717, 1.165) is 29.0 Å². The zero-order valence-electron chi connectivity index (χ0n) is 12.4. The zero-order chi connectivity index (χ0) is 14.7. The first-order valence-corrected chi connectivity index (χ1v) is 7.58. The standard InChI is InChI=1S/C18H22ClN/c1-4-13-7-9-14(5-2)16(10-13)18(20)15-8-6-12(3)17(19)11-15/h6-11,18H,4-5,20H2,1-3H3. The van der Waals surface area contributed by atoms with Crippen molar-refractivity contribution in [2.75, 3.05) is 0 Å². The Labute approximate surface area is 126 Å². The van der Waals surface area contributed by atoms with Gasteiger partial charge in [-0.2, -0.15) is 0 Å². The molecule has 0 saturated carbocycles. The monoisotopic (exact) mass is 287 g/mol. The molecule has 0 spiro atoms. The molecule has 0 saturated heterocycles. The molecule has 1 atom stereocenters. The van der Waals surface area contributed by atoms with Crippen molar-refractivity contribution in [2.45, 2.75) is 39.7 Å². The van der Waals surface area contributed by atoms with Crippen LogP contribution >= 0.6 is 11.6 Å².